The van der Waals surface area contributed by atoms with Gasteiger partial charge >= 0.3 is 0 Å². The van der Waals surface area contributed by atoms with Crippen LogP contribution in [0.5, 0.6) is 5.75 Å². The molecular formula is C18H20INO. The highest BCUT2D eigenvalue weighted by Gasteiger charge is 2.30. The maximum absolute atomic E-state index is 6.30. The molecule has 2 aromatic rings. The van der Waals surface area contributed by atoms with E-state index >= 15 is 0 Å². The predicted molar refractivity (Wildman–Crippen MR) is 94.9 cm³/mol. The van der Waals surface area contributed by atoms with E-state index in [-0.39, 0.29) is 6.10 Å². The van der Waals surface area contributed by atoms with Gasteiger partial charge in [0.05, 0.1) is 0 Å². The zero-order valence-corrected chi connectivity index (χ0v) is 14.4. The van der Waals surface area contributed by atoms with E-state index in [2.05, 4.69) is 89.1 Å². The van der Waals surface area contributed by atoms with E-state index in [1.165, 1.54) is 9.13 Å². The molecule has 2 atom stereocenters. The Hall–Kier alpha value is -1.07. The molecule has 2 aromatic carbocycles. The van der Waals surface area contributed by atoms with E-state index in [9.17, 15) is 0 Å². The van der Waals surface area contributed by atoms with Crippen molar-refractivity contribution in [2.75, 3.05) is 20.1 Å². The average Bonchev–Trinajstić information content (AvgIpc) is 2.52. The van der Waals surface area contributed by atoms with Crippen molar-refractivity contribution in [1.82, 2.24) is 4.90 Å². The van der Waals surface area contributed by atoms with E-state index in [1.54, 1.807) is 0 Å². The standard InChI is InChI=1S/C18H20INO/c1-20-12-11-18(21-16-9-7-15(19)8-10-16)17(13-20)14-5-3-2-4-6-14/h2-10,17-18H,11-13H2,1H3/t17-,18+/m0/s1. The summed E-state index contributed by atoms with van der Waals surface area (Å²) < 4.78 is 7.53. The molecule has 0 amide bonds. The van der Waals surface area contributed by atoms with E-state index in [0.29, 0.717) is 5.92 Å². The third-order valence-electron chi connectivity index (χ3n) is 4.08. The summed E-state index contributed by atoms with van der Waals surface area (Å²) in [5.41, 5.74) is 1.37. The van der Waals surface area contributed by atoms with Crippen molar-refractivity contribution in [1.29, 1.82) is 0 Å². The van der Waals surface area contributed by atoms with Crippen LogP contribution in [0, 0.1) is 3.57 Å². The topological polar surface area (TPSA) is 12.5 Å². The monoisotopic (exact) mass is 393 g/mol. The summed E-state index contributed by atoms with van der Waals surface area (Å²) in [5, 5.41) is 0. The molecule has 0 aromatic heterocycles. The number of halogens is 1. The van der Waals surface area contributed by atoms with Gasteiger partial charge in [0.15, 0.2) is 0 Å². The van der Waals surface area contributed by atoms with Crippen molar-refractivity contribution in [2.24, 2.45) is 0 Å². The first-order chi connectivity index (χ1) is 10.2. The summed E-state index contributed by atoms with van der Waals surface area (Å²) in [5.74, 6) is 1.41. The molecule has 0 spiro atoms. The molecule has 0 unspecified atom stereocenters. The second-order valence-corrected chi connectivity index (χ2v) is 6.92. The molecule has 0 saturated carbocycles. The van der Waals surface area contributed by atoms with Crippen molar-refractivity contribution < 1.29 is 4.74 Å². The van der Waals surface area contributed by atoms with E-state index in [4.69, 9.17) is 4.74 Å². The van der Waals surface area contributed by atoms with Crippen molar-refractivity contribution in [3.63, 3.8) is 0 Å². The first kappa shape index (κ1) is 14.9. The van der Waals surface area contributed by atoms with Crippen LogP contribution in [0.1, 0.15) is 17.9 Å². The number of likely N-dealkylation sites (tertiary alicyclic amines) is 1. The first-order valence-electron chi connectivity index (χ1n) is 7.38. The smallest absolute Gasteiger partial charge is 0.119 e. The maximum atomic E-state index is 6.30. The van der Waals surface area contributed by atoms with Crippen LogP contribution in [0.2, 0.25) is 0 Å². The van der Waals surface area contributed by atoms with Crippen LogP contribution in [-0.4, -0.2) is 31.1 Å². The minimum absolute atomic E-state index is 0.253. The summed E-state index contributed by atoms with van der Waals surface area (Å²) >= 11 is 2.32. The highest BCUT2D eigenvalue weighted by molar-refractivity contribution is 14.1. The molecule has 0 radical (unpaired) electrons. The quantitative estimate of drug-likeness (QED) is 0.727. The Bertz CT molecular complexity index is 570. The fraction of sp³-hybridized carbons (Fsp3) is 0.333. The fourth-order valence-corrected chi connectivity index (χ4v) is 3.30. The summed E-state index contributed by atoms with van der Waals surface area (Å²) in [7, 11) is 2.19. The Balaban J connectivity index is 1.79. The SMILES string of the molecule is CN1CC[C@@H](Oc2ccc(I)cc2)[C@H](c2ccccc2)C1. The van der Waals surface area contributed by atoms with Crippen LogP contribution in [0.4, 0.5) is 0 Å². The Morgan fingerprint density at radius 1 is 1.05 bits per heavy atom. The Labute approximate surface area is 140 Å². The molecule has 110 valence electrons. The molecule has 2 nitrogen and oxygen atoms in total. The number of likely N-dealkylation sites (N-methyl/N-ethyl adjacent to an activating group) is 1. The zero-order valence-electron chi connectivity index (χ0n) is 12.2. The zero-order chi connectivity index (χ0) is 14.7. The van der Waals surface area contributed by atoms with Gasteiger partial charge in [-0.2, -0.15) is 0 Å². The fourth-order valence-electron chi connectivity index (χ4n) is 2.94. The minimum Gasteiger partial charge on any atom is -0.490 e. The minimum atomic E-state index is 0.253. The maximum Gasteiger partial charge on any atom is 0.119 e. The molecule has 0 N–H and O–H groups in total. The molecule has 3 rings (SSSR count). The molecule has 1 saturated heterocycles. The molecular weight excluding hydrogens is 373 g/mol. The Kier molecular flexibility index (Phi) is 4.80. The lowest BCUT2D eigenvalue weighted by atomic mass is 9.88. The summed E-state index contributed by atoms with van der Waals surface area (Å²) in [6, 6.07) is 19.1. The first-order valence-corrected chi connectivity index (χ1v) is 8.46. The normalized spacial score (nSPS) is 23.0. The molecule has 1 fully saturated rings. The van der Waals surface area contributed by atoms with Gasteiger partial charge in [-0.1, -0.05) is 30.3 Å². The van der Waals surface area contributed by atoms with E-state index < -0.39 is 0 Å². The predicted octanol–water partition coefficient (Wildman–Crippen LogP) is 4.16. The largest absolute Gasteiger partial charge is 0.490 e. The number of nitrogens with zero attached hydrogens (tertiary/aromatic N) is 1. The van der Waals surface area contributed by atoms with Gasteiger partial charge in [-0.3, -0.25) is 0 Å². The van der Waals surface area contributed by atoms with Crippen LogP contribution >= 0.6 is 22.6 Å². The number of benzene rings is 2. The number of hydrogen-bond acceptors (Lipinski definition) is 2. The van der Waals surface area contributed by atoms with Crippen molar-refractivity contribution in [2.45, 2.75) is 18.4 Å². The van der Waals surface area contributed by atoms with Gasteiger partial charge in [-0.15, -0.1) is 0 Å². The Morgan fingerprint density at radius 3 is 2.48 bits per heavy atom. The van der Waals surface area contributed by atoms with Crippen LogP contribution in [-0.2, 0) is 0 Å². The van der Waals surface area contributed by atoms with Gasteiger partial charge < -0.3 is 9.64 Å². The summed E-state index contributed by atoms with van der Waals surface area (Å²) in [4.78, 5) is 2.39. The van der Waals surface area contributed by atoms with Crippen LogP contribution in [0.3, 0.4) is 0 Å². The second kappa shape index (κ2) is 6.79. The summed E-state index contributed by atoms with van der Waals surface area (Å²) in [6.07, 6.45) is 1.32. The third kappa shape index (κ3) is 3.77. The molecule has 21 heavy (non-hydrogen) atoms. The van der Waals surface area contributed by atoms with E-state index in [0.717, 1.165) is 25.3 Å². The highest BCUT2D eigenvalue weighted by atomic mass is 127. The molecule has 1 aliphatic heterocycles. The van der Waals surface area contributed by atoms with Gasteiger partial charge in [-0.25, -0.2) is 0 Å². The molecule has 0 aliphatic carbocycles. The number of ether oxygens (including phenoxy) is 1. The third-order valence-corrected chi connectivity index (χ3v) is 4.80. The number of piperidine rings is 1. The Morgan fingerprint density at radius 2 is 1.76 bits per heavy atom. The van der Waals surface area contributed by atoms with E-state index in [1.807, 2.05) is 0 Å². The van der Waals surface area contributed by atoms with Crippen LogP contribution in [0.25, 0.3) is 0 Å². The molecule has 0 bridgehead atoms. The van der Waals surface area contributed by atoms with Crippen LogP contribution in [0.15, 0.2) is 54.6 Å². The highest BCUT2D eigenvalue weighted by Crippen LogP contribution is 2.30. The lowest BCUT2D eigenvalue weighted by Gasteiger charge is -2.37. The lowest BCUT2D eigenvalue weighted by molar-refractivity contribution is 0.0902. The molecule has 3 heteroatoms. The number of hydrogen-bond donors (Lipinski definition) is 0. The number of rotatable bonds is 3. The lowest BCUT2D eigenvalue weighted by Crippen LogP contribution is -2.42. The molecule has 1 heterocycles. The van der Waals surface area contributed by atoms with Gasteiger partial charge in [0.25, 0.3) is 0 Å². The van der Waals surface area contributed by atoms with Gasteiger partial charge in [0.1, 0.15) is 11.9 Å². The second-order valence-electron chi connectivity index (χ2n) is 5.68. The molecule has 1 aliphatic rings. The van der Waals surface area contributed by atoms with Crippen molar-refractivity contribution in [3.05, 3.63) is 63.7 Å². The average molecular weight is 393 g/mol. The van der Waals surface area contributed by atoms with Gasteiger partial charge in [0.2, 0.25) is 0 Å². The van der Waals surface area contributed by atoms with Gasteiger partial charge in [0, 0.05) is 22.6 Å². The summed E-state index contributed by atoms with van der Waals surface area (Å²) in [6.45, 7) is 2.15. The van der Waals surface area contributed by atoms with Crippen molar-refractivity contribution in [3.8, 4) is 5.75 Å². The van der Waals surface area contributed by atoms with Gasteiger partial charge in [-0.05, 0) is 65.9 Å². The van der Waals surface area contributed by atoms with Crippen molar-refractivity contribution >= 4 is 22.6 Å². The van der Waals surface area contributed by atoms with Crippen LogP contribution < -0.4 is 4.74 Å².